The molecule has 0 aromatic heterocycles. The Morgan fingerprint density at radius 1 is 1.31 bits per heavy atom. The van der Waals surface area contributed by atoms with Crippen molar-refractivity contribution in [1.29, 1.82) is 0 Å². The van der Waals surface area contributed by atoms with Gasteiger partial charge in [0.15, 0.2) is 0 Å². The summed E-state index contributed by atoms with van der Waals surface area (Å²) < 4.78 is 0. The minimum absolute atomic E-state index is 1.05. The normalized spacial score (nSPS) is 10.0. The molecule has 1 nitrogen and oxygen atoms in total. The van der Waals surface area contributed by atoms with Crippen molar-refractivity contribution in [3.63, 3.8) is 0 Å². The molecule has 0 heterocycles. The molecule has 0 saturated carbocycles. The van der Waals surface area contributed by atoms with Crippen LogP contribution in [-0.2, 0) is 6.42 Å². The van der Waals surface area contributed by atoms with Gasteiger partial charge in [0.1, 0.15) is 0 Å². The van der Waals surface area contributed by atoms with Crippen molar-refractivity contribution in [3.05, 3.63) is 29.8 Å². The SMILES string of the molecule is CCc1ccccc1NCCSC. The van der Waals surface area contributed by atoms with Crippen LogP contribution in [0.5, 0.6) is 0 Å². The second-order valence-corrected chi connectivity index (χ2v) is 3.92. The van der Waals surface area contributed by atoms with Gasteiger partial charge in [-0.3, -0.25) is 0 Å². The number of rotatable bonds is 5. The highest BCUT2D eigenvalue weighted by atomic mass is 32.2. The molecule has 0 saturated heterocycles. The molecule has 0 amide bonds. The van der Waals surface area contributed by atoms with Gasteiger partial charge in [0.25, 0.3) is 0 Å². The molecule has 0 fully saturated rings. The van der Waals surface area contributed by atoms with Gasteiger partial charge in [-0.05, 0) is 24.3 Å². The lowest BCUT2D eigenvalue weighted by Gasteiger charge is -2.09. The van der Waals surface area contributed by atoms with Gasteiger partial charge in [-0.15, -0.1) is 0 Å². The topological polar surface area (TPSA) is 12.0 Å². The van der Waals surface area contributed by atoms with Gasteiger partial charge < -0.3 is 5.32 Å². The van der Waals surface area contributed by atoms with Crippen molar-refractivity contribution < 1.29 is 0 Å². The lowest BCUT2D eigenvalue weighted by Crippen LogP contribution is -2.05. The molecule has 1 aromatic rings. The largest absolute Gasteiger partial charge is 0.384 e. The second-order valence-electron chi connectivity index (χ2n) is 2.93. The van der Waals surface area contributed by atoms with E-state index in [4.69, 9.17) is 0 Å². The number of anilines is 1. The van der Waals surface area contributed by atoms with Crippen LogP contribution < -0.4 is 5.32 Å². The summed E-state index contributed by atoms with van der Waals surface area (Å²) in [7, 11) is 0. The van der Waals surface area contributed by atoms with Crippen LogP contribution in [-0.4, -0.2) is 18.6 Å². The monoisotopic (exact) mass is 195 g/mol. The van der Waals surface area contributed by atoms with Gasteiger partial charge in [0, 0.05) is 18.0 Å². The quantitative estimate of drug-likeness (QED) is 0.725. The third kappa shape index (κ3) is 3.31. The van der Waals surface area contributed by atoms with Gasteiger partial charge in [-0.25, -0.2) is 0 Å². The fourth-order valence-corrected chi connectivity index (χ4v) is 1.60. The molecule has 13 heavy (non-hydrogen) atoms. The third-order valence-corrected chi connectivity index (χ3v) is 2.63. The number of benzene rings is 1. The van der Waals surface area contributed by atoms with Crippen molar-refractivity contribution in [2.75, 3.05) is 23.9 Å². The van der Waals surface area contributed by atoms with E-state index in [1.807, 2.05) is 11.8 Å². The van der Waals surface area contributed by atoms with E-state index in [1.54, 1.807) is 0 Å². The first-order chi connectivity index (χ1) is 6.38. The van der Waals surface area contributed by atoms with Crippen LogP contribution in [0.1, 0.15) is 12.5 Å². The van der Waals surface area contributed by atoms with Crippen molar-refractivity contribution in [3.8, 4) is 0 Å². The van der Waals surface area contributed by atoms with Gasteiger partial charge in [-0.1, -0.05) is 25.1 Å². The summed E-state index contributed by atoms with van der Waals surface area (Å²) >= 11 is 1.87. The Bertz CT molecular complexity index is 248. The summed E-state index contributed by atoms with van der Waals surface area (Å²) in [6, 6.07) is 8.51. The highest BCUT2D eigenvalue weighted by molar-refractivity contribution is 7.98. The highest BCUT2D eigenvalue weighted by Crippen LogP contribution is 2.14. The molecule has 2 heteroatoms. The molecule has 0 radical (unpaired) electrons. The van der Waals surface area contributed by atoms with Crippen LogP contribution in [0.3, 0.4) is 0 Å². The van der Waals surface area contributed by atoms with Gasteiger partial charge in [0.05, 0.1) is 0 Å². The van der Waals surface area contributed by atoms with Crippen molar-refractivity contribution in [2.24, 2.45) is 0 Å². The molecule has 72 valence electrons. The van der Waals surface area contributed by atoms with Crippen LogP contribution in [0.25, 0.3) is 0 Å². The zero-order chi connectivity index (χ0) is 9.52. The van der Waals surface area contributed by atoms with Gasteiger partial charge >= 0.3 is 0 Å². The zero-order valence-electron chi connectivity index (χ0n) is 8.34. The van der Waals surface area contributed by atoms with E-state index < -0.39 is 0 Å². The summed E-state index contributed by atoms with van der Waals surface area (Å²) in [5.41, 5.74) is 2.70. The maximum atomic E-state index is 3.44. The van der Waals surface area contributed by atoms with Crippen LogP contribution in [0.4, 0.5) is 5.69 Å². The molecule has 0 spiro atoms. The first kappa shape index (κ1) is 10.5. The number of hydrogen-bond donors (Lipinski definition) is 1. The van der Waals surface area contributed by atoms with Gasteiger partial charge in [0.2, 0.25) is 0 Å². The lowest BCUT2D eigenvalue weighted by molar-refractivity contribution is 1.12. The van der Waals surface area contributed by atoms with Crippen molar-refractivity contribution in [2.45, 2.75) is 13.3 Å². The fourth-order valence-electron chi connectivity index (χ4n) is 1.29. The number of thioether (sulfide) groups is 1. The Balaban J connectivity index is 2.54. The van der Waals surface area contributed by atoms with E-state index in [9.17, 15) is 0 Å². The predicted molar refractivity (Wildman–Crippen MR) is 62.7 cm³/mol. The lowest BCUT2D eigenvalue weighted by atomic mass is 10.1. The Hall–Kier alpha value is -0.630. The first-order valence-corrected chi connectivity index (χ1v) is 6.08. The molecular formula is C11H17NS. The Labute approximate surface area is 84.9 Å². The van der Waals surface area contributed by atoms with Crippen LogP contribution in [0.15, 0.2) is 24.3 Å². The average molecular weight is 195 g/mol. The molecule has 1 rings (SSSR count). The summed E-state index contributed by atoms with van der Waals surface area (Å²) in [5.74, 6) is 1.16. The molecule has 0 atom stereocenters. The second kappa shape index (κ2) is 5.92. The standard InChI is InChI=1S/C11H17NS/c1-3-10-6-4-5-7-11(10)12-8-9-13-2/h4-7,12H,3,8-9H2,1-2H3. The minimum atomic E-state index is 1.05. The Morgan fingerprint density at radius 2 is 2.08 bits per heavy atom. The van der Waals surface area contributed by atoms with Crippen LogP contribution >= 0.6 is 11.8 Å². The summed E-state index contributed by atoms with van der Waals surface area (Å²) in [6.45, 7) is 3.24. The molecule has 0 aliphatic carbocycles. The zero-order valence-corrected chi connectivity index (χ0v) is 9.16. The first-order valence-electron chi connectivity index (χ1n) is 4.69. The number of hydrogen-bond acceptors (Lipinski definition) is 2. The summed E-state index contributed by atoms with van der Waals surface area (Å²) in [5, 5.41) is 3.44. The van der Waals surface area contributed by atoms with Crippen LogP contribution in [0, 0.1) is 0 Å². The van der Waals surface area contributed by atoms with Crippen LogP contribution in [0.2, 0.25) is 0 Å². The van der Waals surface area contributed by atoms with E-state index in [1.165, 1.54) is 11.3 Å². The highest BCUT2D eigenvalue weighted by Gasteiger charge is 1.96. The van der Waals surface area contributed by atoms with E-state index in [2.05, 4.69) is 42.8 Å². The minimum Gasteiger partial charge on any atom is -0.384 e. The number of nitrogens with one attached hydrogen (secondary N) is 1. The Kier molecular flexibility index (Phi) is 4.76. The van der Waals surface area contributed by atoms with E-state index in [-0.39, 0.29) is 0 Å². The van der Waals surface area contributed by atoms with Gasteiger partial charge in [-0.2, -0.15) is 11.8 Å². The maximum Gasteiger partial charge on any atom is 0.0372 e. The molecule has 0 aliphatic heterocycles. The van der Waals surface area contributed by atoms with Crippen molar-refractivity contribution >= 4 is 17.4 Å². The smallest absolute Gasteiger partial charge is 0.0372 e. The van der Waals surface area contributed by atoms with Crippen molar-refractivity contribution in [1.82, 2.24) is 0 Å². The van der Waals surface area contributed by atoms with E-state index in [0.717, 1.165) is 18.7 Å². The molecule has 0 unspecified atom stereocenters. The summed E-state index contributed by atoms with van der Waals surface area (Å²) in [4.78, 5) is 0. The molecule has 1 aromatic carbocycles. The number of aryl methyl sites for hydroxylation is 1. The molecule has 1 N–H and O–H groups in total. The van der Waals surface area contributed by atoms with E-state index in [0.29, 0.717) is 0 Å². The Morgan fingerprint density at radius 3 is 2.77 bits per heavy atom. The average Bonchev–Trinajstić information content (AvgIpc) is 2.19. The number of para-hydroxylation sites is 1. The maximum absolute atomic E-state index is 3.44. The predicted octanol–water partition coefficient (Wildman–Crippen LogP) is 3.02. The summed E-state index contributed by atoms with van der Waals surface area (Å²) in [6.07, 6.45) is 3.23. The fraction of sp³-hybridized carbons (Fsp3) is 0.455. The molecular weight excluding hydrogens is 178 g/mol. The molecule has 0 bridgehead atoms. The molecule has 0 aliphatic rings. The third-order valence-electron chi connectivity index (χ3n) is 2.02. The van der Waals surface area contributed by atoms with E-state index >= 15 is 0 Å².